The third kappa shape index (κ3) is 5.30. The number of aromatic nitrogens is 2. The van der Waals surface area contributed by atoms with Gasteiger partial charge in [-0.15, -0.1) is 0 Å². The van der Waals surface area contributed by atoms with Crippen molar-refractivity contribution >= 4 is 17.5 Å². The van der Waals surface area contributed by atoms with Gasteiger partial charge in [0.05, 0.1) is 26.0 Å². The number of carbonyl (C=O) groups excluding carboxylic acids is 1. The van der Waals surface area contributed by atoms with E-state index in [2.05, 4.69) is 53.4 Å². The molecule has 2 heterocycles. The normalized spacial score (nSPS) is 14.6. The number of nitrogens with one attached hydrogen (secondary N) is 2. The first-order valence-corrected chi connectivity index (χ1v) is 13.5. The Balaban J connectivity index is 1.61. The molecule has 0 saturated heterocycles. The van der Waals surface area contributed by atoms with Crippen molar-refractivity contribution in [3.05, 3.63) is 63.1 Å². The molecule has 9 nitrogen and oxygen atoms in total. The number of rotatable bonds is 8. The predicted molar refractivity (Wildman–Crippen MR) is 153 cm³/mol. The predicted octanol–water partition coefficient (Wildman–Crippen LogP) is 4.40. The van der Waals surface area contributed by atoms with Crippen molar-refractivity contribution in [1.82, 2.24) is 20.2 Å². The van der Waals surface area contributed by atoms with E-state index in [-0.39, 0.29) is 23.8 Å². The summed E-state index contributed by atoms with van der Waals surface area (Å²) in [5.41, 5.74) is 6.79. The Morgan fingerprint density at radius 1 is 1.08 bits per heavy atom. The molecule has 1 unspecified atom stereocenters. The molecule has 9 heteroatoms. The highest BCUT2D eigenvalue weighted by Crippen LogP contribution is 2.40. The minimum Gasteiger partial charge on any atom is -0.493 e. The van der Waals surface area contributed by atoms with E-state index in [0.29, 0.717) is 36.8 Å². The molecule has 39 heavy (non-hydrogen) atoms. The van der Waals surface area contributed by atoms with E-state index >= 15 is 0 Å². The first-order chi connectivity index (χ1) is 18.7. The molecule has 2 N–H and O–H groups in total. The number of urea groups is 1. The maximum atomic E-state index is 13.4. The van der Waals surface area contributed by atoms with E-state index in [4.69, 9.17) is 9.47 Å². The molecule has 1 saturated carbocycles. The quantitative estimate of drug-likeness (QED) is 0.447. The summed E-state index contributed by atoms with van der Waals surface area (Å²) in [6.07, 6.45) is 2.75. The number of fused-ring (bicyclic) bond motifs is 3. The second-order valence-corrected chi connectivity index (χ2v) is 10.6. The number of nitrogens with zero attached hydrogens (tertiary/aromatic N) is 3. The molecule has 3 aromatic rings. The first-order valence-electron chi connectivity index (χ1n) is 13.5. The topological polar surface area (TPSA) is 97.7 Å². The lowest BCUT2D eigenvalue weighted by Crippen LogP contribution is -2.45. The summed E-state index contributed by atoms with van der Waals surface area (Å²) in [7, 11) is 3.23. The minimum atomic E-state index is -0.304. The third-order valence-electron chi connectivity index (χ3n) is 7.52. The largest absolute Gasteiger partial charge is 0.493 e. The van der Waals surface area contributed by atoms with Gasteiger partial charge in [-0.25, -0.2) is 9.59 Å². The lowest BCUT2D eigenvalue weighted by Gasteiger charge is -2.34. The molecular formula is C30H37N5O4. The molecule has 0 bridgehead atoms. The van der Waals surface area contributed by atoms with Crippen LogP contribution < -0.4 is 30.7 Å². The molecule has 5 rings (SSSR count). The van der Waals surface area contributed by atoms with Crippen LogP contribution in [0.4, 0.5) is 16.3 Å². The van der Waals surface area contributed by atoms with Gasteiger partial charge in [-0.3, -0.25) is 4.57 Å². The highest BCUT2D eigenvalue weighted by molar-refractivity contribution is 5.77. The average molecular weight is 532 g/mol. The van der Waals surface area contributed by atoms with Crippen LogP contribution >= 0.6 is 0 Å². The SMILES string of the molecule is COc1cc2c(cc1OC)-c1cc(N(c3c(C)cc(C)cc3C)C(C)CNC(=O)NC3CC3)nc(=O)n1CC2. The average Bonchev–Trinajstić information content (AvgIpc) is 3.72. The van der Waals surface area contributed by atoms with E-state index in [1.165, 1.54) is 0 Å². The molecule has 1 aromatic heterocycles. The highest BCUT2D eigenvalue weighted by atomic mass is 16.5. The first kappa shape index (κ1) is 26.6. The van der Waals surface area contributed by atoms with Crippen LogP contribution in [0.2, 0.25) is 0 Å². The molecule has 1 atom stereocenters. The van der Waals surface area contributed by atoms with Crippen molar-refractivity contribution in [3.63, 3.8) is 0 Å². The molecule has 1 aliphatic heterocycles. The molecular weight excluding hydrogens is 494 g/mol. The molecule has 1 aliphatic carbocycles. The molecule has 2 aromatic carbocycles. The smallest absolute Gasteiger partial charge is 0.350 e. The van der Waals surface area contributed by atoms with Crippen LogP contribution in [0, 0.1) is 20.8 Å². The van der Waals surface area contributed by atoms with Crippen LogP contribution in [-0.2, 0) is 13.0 Å². The summed E-state index contributed by atoms with van der Waals surface area (Å²) in [6.45, 7) is 9.16. The van der Waals surface area contributed by atoms with Gasteiger partial charge in [0.15, 0.2) is 11.5 Å². The number of benzene rings is 2. The number of aryl methyl sites for hydroxylation is 4. The van der Waals surface area contributed by atoms with Crippen molar-refractivity contribution in [3.8, 4) is 22.8 Å². The van der Waals surface area contributed by atoms with E-state index in [9.17, 15) is 9.59 Å². The highest BCUT2D eigenvalue weighted by Gasteiger charge is 2.28. The Labute approximate surface area is 229 Å². The maximum absolute atomic E-state index is 13.4. The number of amides is 2. The van der Waals surface area contributed by atoms with E-state index in [0.717, 1.165) is 52.0 Å². The molecule has 2 amide bonds. The van der Waals surface area contributed by atoms with Gasteiger partial charge in [-0.05, 0) is 75.8 Å². The van der Waals surface area contributed by atoms with Crippen LogP contribution in [-0.4, -0.2) is 48.4 Å². The Hall–Kier alpha value is -4.01. The van der Waals surface area contributed by atoms with Gasteiger partial charge in [-0.1, -0.05) is 17.7 Å². The Morgan fingerprint density at radius 2 is 1.74 bits per heavy atom. The Bertz CT molecular complexity index is 1450. The molecule has 2 aliphatic rings. The number of anilines is 2. The van der Waals surface area contributed by atoms with Gasteiger partial charge in [-0.2, -0.15) is 4.98 Å². The summed E-state index contributed by atoms with van der Waals surface area (Å²) in [4.78, 5) is 32.5. The monoisotopic (exact) mass is 531 g/mol. The van der Waals surface area contributed by atoms with Crippen molar-refractivity contribution < 1.29 is 14.3 Å². The summed E-state index contributed by atoms with van der Waals surface area (Å²) in [5, 5.41) is 5.99. The van der Waals surface area contributed by atoms with Gasteiger partial charge >= 0.3 is 11.7 Å². The number of hydrogen-bond donors (Lipinski definition) is 2. The third-order valence-corrected chi connectivity index (χ3v) is 7.52. The van der Waals surface area contributed by atoms with Crippen LogP contribution in [0.5, 0.6) is 11.5 Å². The van der Waals surface area contributed by atoms with E-state index < -0.39 is 0 Å². The van der Waals surface area contributed by atoms with E-state index in [1.54, 1.807) is 18.8 Å². The lowest BCUT2D eigenvalue weighted by atomic mass is 9.96. The molecule has 206 valence electrons. The van der Waals surface area contributed by atoms with Gasteiger partial charge in [0.1, 0.15) is 5.82 Å². The molecule has 0 spiro atoms. The number of methoxy groups -OCH3 is 2. The van der Waals surface area contributed by atoms with Gasteiger partial charge in [0, 0.05) is 36.4 Å². The second-order valence-electron chi connectivity index (χ2n) is 10.6. The fourth-order valence-electron chi connectivity index (χ4n) is 5.56. The zero-order chi connectivity index (χ0) is 27.8. The van der Waals surface area contributed by atoms with Gasteiger partial charge in [0.25, 0.3) is 0 Å². The van der Waals surface area contributed by atoms with Crippen LogP contribution in [0.15, 0.2) is 35.1 Å². The van der Waals surface area contributed by atoms with Crippen molar-refractivity contribution in [2.75, 3.05) is 25.7 Å². The number of hydrogen-bond acceptors (Lipinski definition) is 6. The number of carbonyl (C=O) groups is 1. The summed E-state index contributed by atoms with van der Waals surface area (Å²) in [6, 6.07) is 10.1. The fraction of sp³-hybridized carbons (Fsp3) is 0.433. The van der Waals surface area contributed by atoms with Crippen molar-refractivity contribution in [2.45, 2.75) is 65.6 Å². The molecule has 1 fully saturated rings. The standard InChI is InChI=1S/C30H37N5O4/c1-17-11-18(2)28(19(3)12-17)35(20(4)16-31-29(36)32-22-7-8-22)27-15-24-23-14-26(39-6)25(38-5)13-21(23)9-10-34(24)30(37)33-27/h11-15,20,22H,7-10,16H2,1-6H3,(H2,31,32,36). The summed E-state index contributed by atoms with van der Waals surface area (Å²) in [5.74, 6) is 1.82. The van der Waals surface area contributed by atoms with Crippen molar-refractivity contribution in [2.24, 2.45) is 0 Å². The minimum absolute atomic E-state index is 0.171. The van der Waals surface area contributed by atoms with E-state index in [1.807, 2.05) is 25.1 Å². The summed E-state index contributed by atoms with van der Waals surface area (Å²) >= 11 is 0. The maximum Gasteiger partial charge on any atom is 0.350 e. The van der Waals surface area contributed by atoms with Crippen LogP contribution in [0.25, 0.3) is 11.3 Å². The Morgan fingerprint density at radius 3 is 2.38 bits per heavy atom. The Kier molecular flexibility index (Phi) is 7.25. The second kappa shape index (κ2) is 10.6. The molecule has 0 radical (unpaired) electrons. The van der Waals surface area contributed by atoms with Crippen LogP contribution in [0.3, 0.4) is 0 Å². The van der Waals surface area contributed by atoms with Gasteiger partial charge < -0.3 is 25.0 Å². The zero-order valence-corrected chi connectivity index (χ0v) is 23.6. The summed E-state index contributed by atoms with van der Waals surface area (Å²) < 4.78 is 12.8. The lowest BCUT2D eigenvalue weighted by molar-refractivity contribution is 0.240. The fourth-order valence-corrected chi connectivity index (χ4v) is 5.56. The van der Waals surface area contributed by atoms with Crippen LogP contribution in [0.1, 0.15) is 42.0 Å². The zero-order valence-electron chi connectivity index (χ0n) is 23.6. The van der Waals surface area contributed by atoms with Crippen molar-refractivity contribution in [1.29, 1.82) is 0 Å². The van der Waals surface area contributed by atoms with Gasteiger partial charge in [0.2, 0.25) is 0 Å². The number of ether oxygens (including phenoxy) is 2.